The van der Waals surface area contributed by atoms with Gasteiger partial charge in [0, 0.05) is 6.20 Å². The lowest BCUT2D eigenvalue weighted by Gasteiger charge is -2.15. The Morgan fingerprint density at radius 2 is 1.89 bits per heavy atom. The van der Waals surface area contributed by atoms with Gasteiger partial charge in [-0.1, -0.05) is 0 Å². The molecule has 0 saturated carbocycles. The molecule has 0 amide bonds. The summed E-state index contributed by atoms with van der Waals surface area (Å²) in [6.45, 7) is -0.372. The molecule has 0 aliphatic heterocycles. The largest absolute Gasteiger partial charge is 0.573 e. The highest BCUT2D eigenvalue weighted by Gasteiger charge is 2.30. The Labute approximate surface area is 101 Å². The number of halogens is 3. The number of hydrazine groups is 1. The lowest BCUT2D eigenvalue weighted by Crippen LogP contribution is -2.26. The van der Waals surface area contributed by atoms with Crippen LogP contribution < -0.4 is 21.3 Å². The summed E-state index contributed by atoms with van der Waals surface area (Å²) in [5, 5.41) is 9.75. The van der Waals surface area contributed by atoms with Crippen molar-refractivity contribution in [3.8, 4) is 5.75 Å². The third kappa shape index (κ3) is 4.52. The van der Waals surface area contributed by atoms with E-state index < -0.39 is 6.36 Å². The summed E-state index contributed by atoms with van der Waals surface area (Å²) in [4.78, 5) is 0. The zero-order valence-corrected chi connectivity index (χ0v) is 9.19. The second kappa shape index (κ2) is 5.61. The molecule has 0 bridgehead atoms. The Morgan fingerprint density at radius 1 is 1.33 bits per heavy atom. The number of benzene rings is 1. The molecule has 0 aliphatic carbocycles. The van der Waals surface area contributed by atoms with Crippen LogP contribution in [0.25, 0.3) is 0 Å². The molecule has 0 fully saturated rings. The maximum atomic E-state index is 11.9. The van der Waals surface area contributed by atoms with Gasteiger partial charge in [0.2, 0.25) is 0 Å². The predicted octanol–water partition coefficient (Wildman–Crippen LogP) is 1.06. The summed E-state index contributed by atoms with van der Waals surface area (Å²) in [6, 6.07) is 4.88. The molecule has 0 heterocycles. The summed E-state index contributed by atoms with van der Waals surface area (Å²) in [7, 11) is 0. The van der Waals surface area contributed by atoms with E-state index in [1.54, 1.807) is 0 Å². The van der Waals surface area contributed by atoms with Gasteiger partial charge in [0.15, 0.2) is 0 Å². The van der Waals surface area contributed by atoms with Crippen molar-refractivity contribution in [2.75, 3.05) is 11.6 Å². The number of nitrogens with zero attached hydrogens (tertiary/aromatic N) is 1. The minimum absolute atomic E-state index is 0.119. The fourth-order valence-corrected chi connectivity index (χ4v) is 1.11. The SMILES string of the molecule is N/C(=C\N(N)c1ccc(OC(F)(F)F)cc1)CO. The van der Waals surface area contributed by atoms with Crippen molar-refractivity contribution in [3.05, 3.63) is 36.2 Å². The minimum atomic E-state index is -4.73. The fraction of sp³-hybridized carbons (Fsp3) is 0.200. The van der Waals surface area contributed by atoms with E-state index in [0.717, 1.165) is 17.1 Å². The van der Waals surface area contributed by atoms with Crippen molar-refractivity contribution >= 4 is 5.69 Å². The normalized spacial score (nSPS) is 12.4. The van der Waals surface area contributed by atoms with Crippen LogP contribution in [0.4, 0.5) is 18.9 Å². The van der Waals surface area contributed by atoms with Gasteiger partial charge in [0.1, 0.15) is 5.75 Å². The Kier molecular flexibility index (Phi) is 4.40. The van der Waals surface area contributed by atoms with Crippen molar-refractivity contribution in [1.29, 1.82) is 0 Å². The summed E-state index contributed by atoms with van der Waals surface area (Å²) in [5.41, 5.74) is 5.85. The van der Waals surface area contributed by atoms with E-state index in [4.69, 9.17) is 16.7 Å². The molecule has 0 aliphatic rings. The van der Waals surface area contributed by atoms with E-state index in [1.807, 2.05) is 0 Å². The molecular formula is C10H12F3N3O2. The lowest BCUT2D eigenvalue weighted by molar-refractivity contribution is -0.274. The highest BCUT2D eigenvalue weighted by Crippen LogP contribution is 2.24. The fourth-order valence-electron chi connectivity index (χ4n) is 1.11. The Morgan fingerprint density at radius 3 is 2.33 bits per heavy atom. The number of hydrogen-bond acceptors (Lipinski definition) is 5. The Balaban J connectivity index is 2.77. The number of alkyl halides is 3. The van der Waals surface area contributed by atoms with Crippen molar-refractivity contribution in [1.82, 2.24) is 0 Å². The first-order chi connectivity index (χ1) is 8.31. The molecule has 8 heteroatoms. The monoisotopic (exact) mass is 263 g/mol. The van der Waals surface area contributed by atoms with Gasteiger partial charge in [-0.05, 0) is 24.3 Å². The molecule has 0 spiro atoms. The van der Waals surface area contributed by atoms with Crippen LogP contribution in [-0.4, -0.2) is 18.1 Å². The number of ether oxygens (including phenoxy) is 1. The molecule has 18 heavy (non-hydrogen) atoms. The summed E-state index contributed by atoms with van der Waals surface area (Å²) >= 11 is 0. The van der Waals surface area contributed by atoms with Gasteiger partial charge in [-0.25, -0.2) is 5.84 Å². The van der Waals surface area contributed by atoms with Crippen LogP contribution >= 0.6 is 0 Å². The number of aliphatic hydroxyl groups is 1. The van der Waals surface area contributed by atoms with Crippen LogP contribution in [0, 0.1) is 0 Å². The minimum Gasteiger partial charge on any atom is -0.406 e. The standard InChI is InChI=1S/C10H12F3N3O2/c11-10(12,13)18-9-3-1-8(2-4-9)16(15)5-7(14)6-17/h1-5,17H,6,14-15H2/b7-5-. The third-order valence-electron chi connectivity index (χ3n) is 1.86. The van der Waals surface area contributed by atoms with Crippen LogP contribution in [0.2, 0.25) is 0 Å². The smallest absolute Gasteiger partial charge is 0.406 e. The van der Waals surface area contributed by atoms with Crippen LogP contribution in [-0.2, 0) is 0 Å². The van der Waals surface area contributed by atoms with Crippen molar-refractivity contribution in [3.63, 3.8) is 0 Å². The van der Waals surface area contributed by atoms with E-state index in [-0.39, 0.29) is 18.1 Å². The average molecular weight is 263 g/mol. The quantitative estimate of drug-likeness (QED) is 0.558. The van der Waals surface area contributed by atoms with Crippen LogP contribution in [0.3, 0.4) is 0 Å². The van der Waals surface area contributed by atoms with Crippen molar-refractivity contribution in [2.45, 2.75) is 6.36 Å². The van der Waals surface area contributed by atoms with Crippen LogP contribution in [0.5, 0.6) is 5.75 Å². The zero-order chi connectivity index (χ0) is 13.8. The molecule has 1 aromatic rings. The number of nitrogens with two attached hydrogens (primary N) is 2. The maximum absolute atomic E-state index is 11.9. The third-order valence-corrected chi connectivity index (χ3v) is 1.86. The zero-order valence-electron chi connectivity index (χ0n) is 9.19. The first-order valence-corrected chi connectivity index (χ1v) is 4.78. The first-order valence-electron chi connectivity index (χ1n) is 4.78. The summed E-state index contributed by atoms with van der Waals surface area (Å²) in [6.07, 6.45) is -3.48. The van der Waals surface area contributed by atoms with Gasteiger partial charge >= 0.3 is 6.36 Å². The van der Waals surface area contributed by atoms with E-state index in [1.165, 1.54) is 18.3 Å². The first kappa shape index (κ1) is 14.1. The van der Waals surface area contributed by atoms with Gasteiger partial charge < -0.3 is 15.6 Å². The number of rotatable bonds is 4. The molecule has 0 atom stereocenters. The van der Waals surface area contributed by atoms with Gasteiger partial charge in [-0.2, -0.15) is 0 Å². The predicted molar refractivity (Wildman–Crippen MR) is 59.1 cm³/mol. The van der Waals surface area contributed by atoms with Crippen LogP contribution in [0.15, 0.2) is 36.2 Å². The van der Waals surface area contributed by atoms with Gasteiger partial charge in [-0.15, -0.1) is 13.2 Å². The van der Waals surface area contributed by atoms with Crippen molar-refractivity contribution < 1.29 is 23.0 Å². The summed E-state index contributed by atoms with van der Waals surface area (Å²) in [5.74, 6) is 5.20. The topological polar surface area (TPSA) is 84.7 Å². The molecule has 0 radical (unpaired) electrons. The van der Waals surface area contributed by atoms with E-state index >= 15 is 0 Å². The Hall–Kier alpha value is -1.93. The van der Waals surface area contributed by atoms with Gasteiger partial charge in [0.25, 0.3) is 0 Å². The van der Waals surface area contributed by atoms with Crippen LogP contribution in [0.1, 0.15) is 0 Å². The van der Waals surface area contributed by atoms with Crippen molar-refractivity contribution in [2.24, 2.45) is 11.6 Å². The van der Waals surface area contributed by atoms with E-state index in [2.05, 4.69) is 4.74 Å². The molecule has 0 saturated heterocycles. The number of hydrogen-bond donors (Lipinski definition) is 3. The number of anilines is 1. The molecule has 5 N–H and O–H groups in total. The second-order valence-electron chi connectivity index (χ2n) is 3.31. The molecule has 100 valence electrons. The molecule has 0 unspecified atom stereocenters. The molecular weight excluding hydrogens is 251 g/mol. The van der Waals surface area contributed by atoms with Gasteiger partial charge in [-0.3, -0.25) is 5.01 Å². The summed E-state index contributed by atoms with van der Waals surface area (Å²) < 4.78 is 39.4. The molecule has 1 aromatic carbocycles. The molecule has 0 aromatic heterocycles. The van der Waals surface area contributed by atoms with E-state index in [9.17, 15) is 13.2 Å². The number of aliphatic hydroxyl groups excluding tert-OH is 1. The lowest BCUT2D eigenvalue weighted by atomic mass is 10.3. The molecule has 1 rings (SSSR count). The van der Waals surface area contributed by atoms with Gasteiger partial charge in [0.05, 0.1) is 18.0 Å². The van der Waals surface area contributed by atoms with E-state index in [0.29, 0.717) is 5.69 Å². The highest BCUT2D eigenvalue weighted by atomic mass is 19.4. The maximum Gasteiger partial charge on any atom is 0.573 e. The second-order valence-corrected chi connectivity index (χ2v) is 3.31. The average Bonchev–Trinajstić information content (AvgIpc) is 2.27. The Bertz CT molecular complexity index is 417. The molecule has 5 nitrogen and oxygen atoms in total. The highest BCUT2D eigenvalue weighted by molar-refractivity contribution is 5.50.